The molecule has 2 aliphatic heterocycles. The van der Waals surface area contributed by atoms with E-state index in [1.54, 1.807) is 25.2 Å². The van der Waals surface area contributed by atoms with Gasteiger partial charge in [-0.1, -0.05) is 12.1 Å². The zero-order chi connectivity index (χ0) is 22.2. The summed E-state index contributed by atoms with van der Waals surface area (Å²) >= 11 is 0. The molecular weight excluding hydrogens is 420 g/mol. The smallest absolute Gasteiger partial charge is 0.244 e. The lowest BCUT2D eigenvalue weighted by molar-refractivity contribution is -0.131. The van der Waals surface area contributed by atoms with Crippen molar-refractivity contribution in [1.82, 2.24) is 25.7 Å². The quantitative estimate of drug-likeness (QED) is 0.493. The highest BCUT2D eigenvalue weighted by molar-refractivity contribution is 7.90. The Morgan fingerprint density at radius 1 is 1.26 bits per heavy atom. The number of hydrogen-bond donors (Lipinski definition) is 4. The summed E-state index contributed by atoms with van der Waals surface area (Å²) in [6, 6.07) is 8.21. The van der Waals surface area contributed by atoms with E-state index in [0.717, 1.165) is 6.26 Å². The Kier molecular flexibility index (Phi) is 5.48. The van der Waals surface area contributed by atoms with Gasteiger partial charge in [-0.05, 0) is 12.1 Å². The number of hydrazine groups is 1. The molecule has 2 saturated heterocycles. The van der Waals surface area contributed by atoms with Crippen LogP contribution in [0.5, 0.6) is 0 Å². The molecular formula is C19H22N8O3S. The zero-order valence-corrected chi connectivity index (χ0v) is 17.7. The van der Waals surface area contributed by atoms with E-state index < -0.39 is 15.8 Å². The van der Waals surface area contributed by atoms with Crippen molar-refractivity contribution < 1.29 is 13.2 Å². The van der Waals surface area contributed by atoms with Crippen LogP contribution in [0.1, 0.15) is 12.1 Å². The summed E-state index contributed by atoms with van der Waals surface area (Å²) in [4.78, 5) is 21.1. The van der Waals surface area contributed by atoms with Gasteiger partial charge in [0, 0.05) is 25.8 Å². The van der Waals surface area contributed by atoms with Crippen LogP contribution in [0.3, 0.4) is 0 Å². The average Bonchev–Trinajstić information content (AvgIpc) is 3.01. The Morgan fingerprint density at radius 2 is 2.03 bits per heavy atom. The molecule has 4 N–H and O–H groups in total. The van der Waals surface area contributed by atoms with Crippen molar-refractivity contribution in [1.29, 1.82) is 5.26 Å². The van der Waals surface area contributed by atoms with E-state index >= 15 is 0 Å². The summed E-state index contributed by atoms with van der Waals surface area (Å²) in [7, 11) is -1.81. The first-order valence-electron chi connectivity index (χ1n) is 9.60. The maximum atomic E-state index is 12.8. The molecule has 31 heavy (non-hydrogen) atoms. The molecule has 0 saturated carbocycles. The molecule has 0 bridgehead atoms. The van der Waals surface area contributed by atoms with Crippen LogP contribution in [0.15, 0.2) is 41.6 Å². The third-order valence-corrected chi connectivity index (χ3v) is 6.47. The topological polar surface area (TPSA) is 152 Å². The van der Waals surface area contributed by atoms with Crippen molar-refractivity contribution in [3.63, 3.8) is 0 Å². The van der Waals surface area contributed by atoms with Crippen LogP contribution in [0, 0.1) is 17.2 Å². The van der Waals surface area contributed by atoms with Crippen molar-refractivity contribution in [2.45, 2.75) is 29.7 Å². The fraction of sp³-hybridized carbons (Fsp3) is 0.368. The van der Waals surface area contributed by atoms with Crippen molar-refractivity contribution in [3.8, 4) is 6.07 Å². The fourth-order valence-corrected chi connectivity index (χ4v) is 4.83. The molecule has 0 spiro atoms. The second kappa shape index (κ2) is 8.10. The second-order valence-corrected chi connectivity index (χ2v) is 9.53. The molecule has 1 aromatic heterocycles. The normalized spacial score (nSPS) is 25.6. The molecule has 4 unspecified atom stereocenters. The molecule has 3 heterocycles. The van der Waals surface area contributed by atoms with Gasteiger partial charge in [-0.3, -0.25) is 20.1 Å². The lowest BCUT2D eigenvalue weighted by atomic mass is 9.88. The van der Waals surface area contributed by atoms with Gasteiger partial charge in [-0.15, -0.1) is 0 Å². The molecule has 0 aliphatic carbocycles. The maximum Gasteiger partial charge on any atom is 0.244 e. The minimum Gasteiger partial charge on any atom is -0.380 e. The average molecular weight is 443 g/mol. The first-order chi connectivity index (χ1) is 14.8. The Labute approximate surface area is 179 Å². The predicted molar refractivity (Wildman–Crippen MR) is 112 cm³/mol. The Morgan fingerprint density at radius 3 is 2.77 bits per heavy atom. The highest BCUT2D eigenvalue weighted by Crippen LogP contribution is 2.31. The number of amides is 1. The minimum atomic E-state index is -3.45. The minimum absolute atomic E-state index is 0.100. The van der Waals surface area contributed by atoms with E-state index in [2.05, 4.69) is 31.3 Å². The molecule has 2 aliphatic rings. The highest BCUT2D eigenvalue weighted by atomic mass is 32.2. The molecule has 162 valence electrons. The van der Waals surface area contributed by atoms with E-state index in [1.165, 1.54) is 23.5 Å². The number of piperidine rings is 1. The lowest BCUT2D eigenvalue weighted by Gasteiger charge is -2.39. The number of para-hydroxylation sites is 1. The monoisotopic (exact) mass is 442 g/mol. The molecule has 12 heteroatoms. The Hall–Kier alpha value is -3.27. The number of aromatic nitrogens is 2. The number of rotatable bonds is 5. The molecule has 4 atom stereocenters. The van der Waals surface area contributed by atoms with Crippen LogP contribution < -0.4 is 21.4 Å². The van der Waals surface area contributed by atoms with Gasteiger partial charge in [-0.25, -0.2) is 18.8 Å². The molecule has 1 aromatic carbocycles. The second-order valence-electron chi connectivity index (χ2n) is 7.55. The predicted octanol–water partition coefficient (Wildman–Crippen LogP) is -0.117. The number of anilines is 2. The van der Waals surface area contributed by atoms with Crippen molar-refractivity contribution in [2.24, 2.45) is 5.92 Å². The molecule has 4 rings (SSSR count). The van der Waals surface area contributed by atoms with Gasteiger partial charge < -0.3 is 10.6 Å². The number of benzene rings is 1. The van der Waals surface area contributed by atoms with Gasteiger partial charge in [0.05, 0.1) is 41.2 Å². The van der Waals surface area contributed by atoms with E-state index in [9.17, 15) is 13.2 Å². The van der Waals surface area contributed by atoms with Gasteiger partial charge in [0.2, 0.25) is 5.91 Å². The summed E-state index contributed by atoms with van der Waals surface area (Å²) in [6.45, 7) is 0. The fourth-order valence-electron chi connectivity index (χ4n) is 3.98. The number of sulfone groups is 1. The number of hydrogen-bond acceptors (Lipinski definition) is 10. The van der Waals surface area contributed by atoms with Crippen molar-refractivity contribution >= 4 is 27.2 Å². The number of carbonyl (C=O) groups excluding carboxylic acids is 1. The van der Waals surface area contributed by atoms with E-state index in [1.807, 2.05) is 6.07 Å². The van der Waals surface area contributed by atoms with Gasteiger partial charge in [0.15, 0.2) is 15.5 Å². The Balaban J connectivity index is 1.62. The molecule has 0 radical (unpaired) electrons. The lowest BCUT2D eigenvalue weighted by Crippen LogP contribution is -2.61. The largest absolute Gasteiger partial charge is 0.380 e. The van der Waals surface area contributed by atoms with Gasteiger partial charge in [-0.2, -0.15) is 5.26 Å². The van der Waals surface area contributed by atoms with Crippen molar-refractivity contribution in [2.75, 3.05) is 23.9 Å². The van der Waals surface area contributed by atoms with E-state index in [4.69, 9.17) is 5.26 Å². The standard InChI is InChI=1S/C19H22N8O3S/c1-27-19(28)17-13(23-12-5-3-4-6-14(12)31(2,29)30)7-15(25-18(17)26-27)24-16-10-21-9-11(8-20)22-16/h3-6,9-10,13,15,17-18,23,25-26H,7H2,1-2H3,(H,22,24). The molecule has 1 amide bonds. The number of fused-ring (bicyclic) bond motifs is 1. The summed E-state index contributed by atoms with van der Waals surface area (Å²) in [6.07, 6.45) is 3.78. The van der Waals surface area contributed by atoms with Gasteiger partial charge in [0.1, 0.15) is 11.9 Å². The van der Waals surface area contributed by atoms with Gasteiger partial charge in [0.25, 0.3) is 0 Å². The van der Waals surface area contributed by atoms with Crippen LogP contribution in [0.25, 0.3) is 0 Å². The molecule has 2 fully saturated rings. The third-order valence-electron chi connectivity index (χ3n) is 5.31. The summed E-state index contributed by atoms with van der Waals surface area (Å²) in [5.41, 5.74) is 3.72. The van der Waals surface area contributed by atoms with E-state index in [0.29, 0.717) is 17.9 Å². The highest BCUT2D eigenvalue weighted by Gasteiger charge is 2.48. The van der Waals surface area contributed by atoms with Crippen LogP contribution in [-0.2, 0) is 14.6 Å². The summed E-state index contributed by atoms with van der Waals surface area (Å²) in [5.74, 6) is -0.133. The molecule has 2 aromatic rings. The number of carbonyl (C=O) groups is 1. The van der Waals surface area contributed by atoms with Gasteiger partial charge >= 0.3 is 0 Å². The van der Waals surface area contributed by atoms with Crippen LogP contribution in [0.2, 0.25) is 0 Å². The van der Waals surface area contributed by atoms with Crippen molar-refractivity contribution in [3.05, 3.63) is 42.4 Å². The number of nitriles is 1. The van der Waals surface area contributed by atoms with Crippen LogP contribution in [0.4, 0.5) is 11.5 Å². The summed E-state index contributed by atoms with van der Waals surface area (Å²) < 4.78 is 24.4. The third kappa shape index (κ3) is 4.29. The Bertz CT molecular complexity index is 1150. The van der Waals surface area contributed by atoms with Crippen LogP contribution in [-0.4, -0.2) is 61.0 Å². The molecule has 11 nitrogen and oxygen atoms in total. The SMILES string of the molecule is CN1NC2NC(Nc3cncc(C#N)n3)CC(Nc3ccccc3S(C)(=O)=O)C2C1=O. The first kappa shape index (κ1) is 21.0. The van der Waals surface area contributed by atoms with Crippen LogP contribution >= 0.6 is 0 Å². The summed E-state index contributed by atoms with van der Waals surface area (Å²) in [5, 5.41) is 20.3. The first-order valence-corrected chi connectivity index (χ1v) is 11.5. The van der Waals surface area contributed by atoms with E-state index in [-0.39, 0.29) is 34.9 Å². The number of nitrogens with zero attached hydrogens (tertiary/aromatic N) is 4. The number of nitrogens with one attached hydrogen (secondary N) is 4. The maximum absolute atomic E-state index is 12.8. The zero-order valence-electron chi connectivity index (χ0n) is 16.9.